The molecule has 1 heterocycles. The average Bonchev–Trinajstić information content (AvgIpc) is 2.83. The summed E-state index contributed by atoms with van der Waals surface area (Å²) in [5.74, 6) is -1.32. The maximum Gasteiger partial charge on any atom is 0.333 e. The Balaban J connectivity index is 2.05. The first kappa shape index (κ1) is 22.6. The van der Waals surface area contributed by atoms with Gasteiger partial charge < -0.3 is 10.4 Å². The summed E-state index contributed by atoms with van der Waals surface area (Å²) < 4.78 is 0. The van der Waals surface area contributed by atoms with E-state index in [2.05, 4.69) is 15.3 Å². The molecule has 1 amide bonds. The van der Waals surface area contributed by atoms with E-state index in [-0.39, 0.29) is 11.5 Å². The van der Waals surface area contributed by atoms with Crippen molar-refractivity contribution in [1.29, 1.82) is 0 Å². The average molecular weight is 428 g/mol. The second-order valence-corrected chi connectivity index (χ2v) is 7.12. The number of carboxylic acids is 1. The van der Waals surface area contributed by atoms with Gasteiger partial charge in [0, 0.05) is 23.5 Å². The molecule has 162 valence electrons. The smallest absolute Gasteiger partial charge is 0.333 e. The van der Waals surface area contributed by atoms with E-state index in [9.17, 15) is 14.7 Å². The van der Waals surface area contributed by atoms with E-state index >= 15 is 0 Å². The number of carbonyl (C=O) groups excluding carboxylic acids is 1. The molecule has 2 N–H and O–H groups in total. The molecular formula is C26H25N3O3. The fraction of sp³-hybridized carbons (Fsp3) is 0.154. The third kappa shape index (κ3) is 5.98. The number of aliphatic imine (C=N–C) groups is 1. The van der Waals surface area contributed by atoms with E-state index in [0.29, 0.717) is 29.1 Å². The second kappa shape index (κ2) is 11.4. The fourth-order valence-electron chi connectivity index (χ4n) is 3.11. The van der Waals surface area contributed by atoms with E-state index in [4.69, 9.17) is 0 Å². The van der Waals surface area contributed by atoms with Gasteiger partial charge in [0.25, 0.3) is 5.91 Å². The van der Waals surface area contributed by atoms with Crippen LogP contribution >= 0.6 is 0 Å². The standard InChI is InChI=1S/C26H25N3O3/c1-2-3-11-20(26(31)32)18-28-24(19-12-5-4-6-13-19)21-14-7-8-15-22(21)29-25(30)23-16-9-10-17-27-23/h4-10,12-18H,2-3,11H2,1H3,(H,29,30)(H,31,32)/b20-18-,28-24?. The molecule has 0 spiro atoms. The minimum atomic E-state index is -0.980. The van der Waals surface area contributed by atoms with Gasteiger partial charge in [0.2, 0.25) is 0 Å². The van der Waals surface area contributed by atoms with Crippen LogP contribution in [-0.2, 0) is 4.79 Å². The molecule has 0 aliphatic heterocycles. The van der Waals surface area contributed by atoms with Crippen molar-refractivity contribution in [2.75, 3.05) is 5.32 Å². The molecule has 6 heteroatoms. The lowest BCUT2D eigenvalue weighted by atomic mass is 10.00. The number of amides is 1. The summed E-state index contributed by atoms with van der Waals surface area (Å²) in [4.78, 5) is 33.0. The summed E-state index contributed by atoms with van der Waals surface area (Å²) in [7, 11) is 0. The fourth-order valence-corrected chi connectivity index (χ4v) is 3.11. The van der Waals surface area contributed by atoms with Gasteiger partial charge in [-0.3, -0.25) is 14.8 Å². The molecule has 6 nitrogen and oxygen atoms in total. The number of aromatic nitrogens is 1. The first-order chi connectivity index (χ1) is 15.6. The summed E-state index contributed by atoms with van der Waals surface area (Å²) in [6.45, 7) is 2.01. The van der Waals surface area contributed by atoms with Crippen molar-refractivity contribution in [3.05, 3.63) is 108 Å². The molecule has 0 saturated heterocycles. The van der Waals surface area contributed by atoms with Crippen LogP contribution in [0.25, 0.3) is 0 Å². The van der Waals surface area contributed by atoms with Crippen LogP contribution in [0.2, 0.25) is 0 Å². The van der Waals surface area contributed by atoms with Crippen molar-refractivity contribution >= 4 is 23.3 Å². The number of carboxylic acid groups (broad SMARTS) is 1. The number of hydrogen-bond acceptors (Lipinski definition) is 4. The van der Waals surface area contributed by atoms with Crippen LogP contribution in [-0.4, -0.2) is 27.7 Å². The molecule has 32 heavy (non-hydrogen) atoms. The Kier molecular flexibility index (Phi) is 8.03. The minimum absolute atomic E-state index is 0.246. The molecule has 2 aromatic carbocycles. The van der Waals surface area contributed by atoms with Gasteiger partial charge in [0.15, 0.2) is 0 Å². The van der Waals surface area contributed by atoms with Crippen LogP contribution < -0.4 is 5.32 Å². The molecule has 0 bridgehead atoms. The zero-order valence-electron chi connectivity index (χ0n) is 17.9. The molecule has 1 aromatic heterocycles. The van der Waals surface area contributed by atoms with Crippen LogP contribution in [0.3, 0.4) is 0 Å². The molecule has 0 aliphatic carbocycles. The predicted molar refractivity (Wildman–Crippen MR) is 126 cm³/mol. The number of anilines is 1. The molecule has 0 unspecified atom stereocenters. The maximum absolute atomic E-state index is 12.7. The Hall–Kier alpha value is -4.06. The second-order valence-electron chi connectivity index (χ2n) is 7.12. The van der Waals surface area contributed by atoms with E-state index in [1.807, 2.05) is 55.5 Å². The van der Waals surface area contributed by atoms with Crippen LogP contribution in [0.4, 0.5) is 5.69 Å². The molecule has 0 atom stereocenters. The van der Waals surface area contributed by atoms with Gasteiger partial charge in [0.05, 0.1) is 17.0 Å². The lowest BCUT2D eigenvalue weighted by Gasteiger charge is -2.13. The minimum Gasteiger partial charge on any atom is -0.478 e. The van der Waals surface area contributed by atoms with Gasteiger partial charge in [-0.15, -0.1) is 0 Å². The molecule has 0 saturated carbocycles. The van der Waals surface area contributed by atoms with Crippen molar-refractivity contribution < 1.29 is 14.7 Å². The van der Waals surface area contributed by atoms with Crippen molar-refractivity contribution in [1.82, 2.24) is 4.98 Å². The normalized spacial score (nSPS) is 11.8. The lowest BCUT2D eigenvalue weighted by molar-refractivity contribution is -0.132. The van der Waals surface area contributed by atoms with Gasteiger partial charge in [0.1, 0.15) is 5.69 Å². The van der Waals surface area contributed by atoms with E-state index in [1.54, 1.807) is 30.5 Å². The Labute approximate surface area is 187 Å². The highest BCUT2D eigenvalue weighted by Crippen LogP contribution is 2.22. The summed E-state index contributed by atoms with van der Waals surface area (Å²) in [6, 6.07) is 21.9. The summed E-state index contributed by atoms with van der Waals surface area (Å²) >= 11 is 0. The Morgan fingerprint density at radius 2 is 1.72 bits per heavy atom. The Morgan fingerprint density at radius 1 is 1.00 bits per heavy atom. The first-order valence-electron chi connectivity index (χ1n) is 10.5. The van der Waals surface area contributed by atoms with Gasteiger partial charge in [-0.25, -0.2) is 4.79 Å². The highest BCUT2D eigenvalue weighted by Gasteiger charge is 2.15. The van der Waals surface area contributed by atoms with Crippen LogP contribution in [0, 0.1) is 0 Å². The SMILES string of the molecule is CCCC/C(=C/N=C(c1ccccc1)c1ccccc1NC(=O)c1ccccn1)C(=O)O. The lowest BCUT2D eigenvalue weighted by Crippen LogP contribution is -2.16. The number of benzene rings is 2. The third-order valence-corrected chi connectivity index (χ3v) is 4.80. The largest absolute Gasteiger partial charge is 0.478 e. The van der Waals surface area contributed by atoms with E-state index in [1.165, 1.54) is 6.20 Å². The predicted octanol–water partition coefficient (Wildman–Crippen LogP) is 5.33. The quantitative estimate of drug-likeness (QED) is 0.357. The van der Waals surface area contributed by atoms with Crippen molar-refractivity contribution in [2.45, 2.75) is 26.2 Å². The number of aliphatic carboxylic acids is 1. The number of hydrogen-bond donors (Lipinski definition) is 2. The van der Waals surface area contributed by atoms with Crippen LogP contribution in [0.1, 0.15) is 47.8 Å². The molecule has 3 rings (SSSR count). The van der Waals surface area contributed by atoms with Crippen molar-refractivity contribution in [3.63, 3.8) is 0 Å². The topological polar surface area (TPSA) is 91.7 Å². The highest BCUT2D eigenvalue weighted by atomic mass is 16.4. The number of nitrogens with one attached hydrogen (secondary N) is 1. The van der Waals surface area contributed by atoms with Gasteiger partial charge in [-0.05, 0) is 31.0 Å². The van der Waals surface area contributed by atoms with Gasteiger partial charge >= 0.3 is 5.97 Å². The molecule has 0 fully saturated rings. The Bertz CT molecular complexity index is 1120. The van der Waals surface area contributed by atoms with Gasteiger partial charge in [-0.2, -0.15) is 0 Å². The van der Waals surface area contributed by atoms with Crippen LogP contribution in [0.5, 0.6) is 0 Å². The number of unbranched alkanes of at least 4 members (excludes halogenated alkanes) is 1. The molecule has 3 aromatic rings. The summed E-state index contributed by atoms with van der Waals surface area (Å²) in [5, 5.41) is 12.5. The monoisotopic (exact) mass is 427 g/mol. The maximum atomic E-state index is 12.7. The molecular weight excluding hydrogens is 402 g/mol. The molecule has 0 aliphatic rings. The third-order valence-electron chi connectivity index (χ3n) is 4.80. The Morgan fingerprint density at radius 3 is 2.41 bits per heavy atom. The zero-order valence-corrected chi connectivity index (χ0v) is 17.9. The highest BCUT2D eigenvalue weighted by molar-refractivity contribution is 6.18. The van der Waals surface area contributed by atoms with Crippen molar-refractivity contribution in [3.8, 4) is 0 Å². The summed E-state index contributed by atoms with van der Waals surface area (Å²) in [6.07, 6.45) is 5.08. The number of nitrogens with zero attached hydrogens (tertiary/aromatic N) is 2. The number of pyridine rings is 1. The summed E-state index contributed by atoms with van der Waals surface area (Å²) in [5.41, 5.74) is 3.16. The first-order valence-corrected chi connectivity index (χ1v) is 10.5. The van der Waals surface area contributed by atoms with Crippen LogP contribution in [0.15, 0.2) is 95.8 Å². The molecule has 0 radical (unpaired) electrons. The number of para-hydroxylation sites is 1. The van der Waals surface area contributed by atoms with E-state index in [0.717, 1.165) is 18.4 Å². The zero-order chi connectivity index (χ0) is 22.8. The van der Waals surface area contributed by atoms with Crippen molar-refractivity contribution in [2.24, 2.45) is 4.99 Å². The van der Waals surface area contributed by atoms with E-state index < -0.39 is 5.97 Å². The number of rotatable bonds is 9. The van der Waals surface area contributed by atoms with Gasteiger partial charge in [-0.1, -0.05) is 67.9 Å². The number of carbonyl (C=O) groups is 2.